The van der Waals surface area contributed by atoms with E-state index >= 15 is 0 Å². The summed E-state index contributed by atoms with van der Waals surface area (Å²) in [5, 5.41) is 14.1. The van der Waals surface area contributed by atoms with Gasteiger partial charge in [0.2, 0.25) is 0 Å². The van der Waals surface area contributed by atoms with Crippen LogP contribution in [0.25, 0.3) is 22.4 Å². The molecule has 0 radical (unpaired) electrons. The van der Waals surface area contributed by atoms with Crippen LogP contribution in [0.15, 0.2) is 48.7 Å². The van der Waals surface area contributed by atoms with Crippen LogP contribution in [0.4, 0.5) is 4.39 Å². The van der Waals surface area contributed by atoms with Gasteiger partial charge in [-0.15, -0.1) is 0 Å². The lowest BCUT2D eigenvalue weighted by atomic mass is 9.92. The molecule has 0 saturated carbocycles. The second-order valence-corrected chi connectivity index (χ2v) is 8.03. The van der Waals surface area contributed by atoms with Gasteiger partial charge in [-0.2, -0.15) is 10.4 Å². The Bertz CT molecular complexity index is 1310. The Kier molecular flexibility index (Phi) is 5.34. The summed E-state index contributed by atoms with van der Waals surface area (Å²) in [5.41, 5.74) is 2.12. The SMILES string of the molecule is COc1ccc(Cn2nc(-c3cccc(Cl)c3F)c3ncc(C(C)(C)C#N)nc32)cc1. The summed E-state index contributed by atoms with van der Waals surface area (Å²) in [6, 6.07) is 14.5. The van der Waals surface area contributed by atoms with Crippen LogP contribution >= 0.6 is 11.6 Å². The molecule has 0 fully saturated rings. The average molecular weight is 436 g/mol. The standard InChI is InChI=1S/C23H19ClFN5O/c1-23(2,13-26)18-11-27-21-20(16-5-4-6-17(24)19(16)25)29-30(22(21)28-18)12-14-7-9-15(31-3)10-8-14/h4-11H,12H2,1-3H3. The van der Waals surface area contributed by atoms with Crippen LogP contribution < -0.4 is 4.74 Å². The summed E-state index contributed by atoms with van der Waals surface area (Å²) in [6.07, 6.45) is 1.54. The first-order valence-electron chi connectivity index (χ1n) is 9.56. The Hall–Kier alpha value is -3.50. The lowest BCUT2D eigenvalue weighted by Crippen LogP contribution is -2.17. The monoisotopic (exact) mass is 435 g/mol. The fourth-order valence-corrected chi connectivity index (χ4v) is 3.36. The van der Waals surface area contributed by atoms with E-state index in [0.29, 0.717) is 29.1 Å². The first kappa shape index (κ1) is 20.8. The number of rotatable bonds is 5. The molecule has 2 heterocycles. The lowest BCUT2D eigenvalue weighted by Gasteiger charge is -2.14. The molecule has 4 rings (SSSR count). The normalized spacial score (nSPS) is 11.5. The van der Waals surface area contributed by atoms with Crippen molar-refractivity contribution in [2.75, 3.05) is 7.11 Å². The molecule has 0 bridgehead atoms. The van der Waals surface area contributed by atoms with E-state index in [2.05, 4.69) is 21.1 Å². The Morgan fingerprint density at radius 1 is 1.19 bits per heavy atom. The smallest absolute Gasteiger partial charge is 0.178 e. The molecule has 31 heavy (non-hydrogen) atoms. The number of aromatic nitrogens is 4. The highest BCUT2D eigenvalue weighted by Gasteiger charge is 2.25. The van der Waals surface area contributed by atoms with Crippen LogP contribution in [-0.2, 0) is 12.0 Å². The Balaban J connectivity index is 1.91. The summed E-state index contributed by atoms with van der Waals surface area (Å²) in [5.74, 6) is 0.178. The molecule has 6 nitrogen and oxygen atoms in total. The Morgan fingerprint density at radius 2 is 1.94 bits per heavy atom. The zero-order valence-corrected chi connectivity index (χ0v) is 18.0. The highest BCUT2D eigenvalue weighted by molar-refractivity contribution is 6.31. The van der Waals surface area contributed by atoms with Gasteiger partial charge in [-0.3, -0.25) is 0 Å². The van der Waals surface area contributed by atoms with Gasteiger partial charge in [-0.1, -0.05) is 29.8 Å². The van der Waals surface area contributed by atoms with Gasteiger partial charge >= 0.3 is 0 Å². The lowest BCUT2D eigenvalue weighted by molar-refractivity contribution is 0.414. The van der Waals surface area contributed by atoms with Crippen molar-refractivity contribution in [2.24, 2.45) is 0 Å². The summed E-state index contributed by atoms with van der Waals surface area (Å²) in [7, 11) is 1.61. The molecule has 2 aromatic heterocycles. The molecule has 0 aliphatic rings. The molecule has 0 aliphatic heterocycles. The predicted octanol–water partition coefficient (Wildman–Crippen LogP) is 5.14. The van der Waals surface area contributed by atoms with Gasteiger partial charge in [0.1, 0.15) is 17.0 Å². The zero-order chi connectivity index (χ0) is 22.2. The number of fused-ring (bicyclic) bond motifs is 1. The van der Waals surface area contributed by atoms with E-state index in [4.69, 9.17) is 16.3 Å². The topological polar surface area (TPSA) is 76.6 Å². The fraction of sp³-hybridized carbons (Fsp3) is 0.217. The van der Waals surface area contributed by atoms with E-state index < -0.39 is 11.2 Å². The molecule has 0 amide bonds. The summed E-state index contributed by atoms with van der Waals surface area (Å²) in [6.45, 7) is 3.92. The molecule has 0 spiro atoms. The third-order valence-corrected chi connectivity index (χ3v) is 5.35. The molecule has 0 N–H and O–H groups in total. The number of nitrogens with zero attached hydrogens (tertiary/aromatic N) is 5. The third kappa shape index (κ3) is 3.82. The van der Waals surface area contributed by atoms with E-state index in [1.807, 2.05) is 24.3 Å². The quantitative estimate of drug-likeness (QED) is 0.433. The van der Waals surface area contributed by atoms with Gasteiger partial charge in [-0.05, 0) is 43.7 Å². The van der Waals surface area contributed by atoms with E-state index in [0.717, 1.165) is 11.3 Å². The van der Waals surface area contributed by atoms with Crippen molar-refractivity contribution < 1.29 is 9.13 Å². The van der Waals surface area contributed by atoms with Gasteiger partial charge in [-0.25, -0.2) is 19.0 Å². The van der Waals surface area contributed by atoms with Crippen molar-refractivity contribution >= 4 is 22.8 Å². The number of halogens is 2. The predicted molar refractivity (Wildman–Crippen MR) is 116 cm³/mol. The molecular formula is C23H19ClFN5O. The maximum absolute atomic E-state index is 14.8. The highest BCUT2D eigenvalue weighted by atomic mass is 35.5. The van der Waals surface area contributed by atoms with Crippen molar-refractivity contribution in [3.8, 4) is 23.1 Å². The molecule has 0 atom stereocenters. The van der Waals surface area contributed by atoms with Crippen LogP contribution in [0.2, 0.25) is 5.02 Å². The van der Waals surface area contributed by atoms with Crippen molar-refractivity contribution in [1.82, 2.24) is 19.7 Å². The maximum Gasteiger partial charge on any atom is 0.178 e. The van der Waals surface area contributed by atoms with Gasteiger partial charge in [0.25, 0.3) is 0 Å². The van der Waals surface area contributed by atoms with Crippen LogP contribution in [0.3, 0.4) is 0 Å². The Morgan fingerprint density at radius 3 is 2.61 bits per heavy atom. The summed E-state index contributed by atoms with van der Waals surface area (Å²) < 4.78 is 21.6. The maximum atomic E-state index is 14.8. The van der Waals surface area contributed by atoms with Gasteiger partial charge < -0.3 is 4.74 Å². The number of ether oxygens (including phenoxy) is 1. The van der Waals surface area contributed by atoms with Gasteiger partial charge in [0, 0.05) is 5.56 Å². The molecule has 4 aromatic rings. The largest absolute Gasteiger partial charge is 0.497 e. The van der Waals surface area contributed by atoms with Crippen LogP contribution in [0.1, 0.15) is 25.1 Å². The van der Waals surface area contributed by atoms with Crippen LogP contribution in [0.5, 0.6) is 5.75 Å². The second kappa shape index (κ2) is 7.97. The minimum atomic E-state index is -0.835. The molecule has 0 aliphatic carbocycles. The number of nitriles is 1. The third-order valence-electron chi connectivity index (χ3n) is 5.06. The molecule has 2 aromatic carbocycles. The van der Waals surface area contributed by atoms with E-state index in [1.54, 1.807) is 37.8 Å². The van der Waals surface area contributed by atoms with Crippen molar-refractivity contribution in [1.29, 1.82) is 5.26 Å². The first-order valence-corrected chi connectivity index (χ1v) is 9.94. The fourth-order valence-electron chi connectivity index (χ4n) is 3.18. The summed E-state index contributed by atoms with van der Waals surface area (Å²) in [4.78, 5) is 9.19. The zero-order valence-electron chi connectivity index (χ0n) is 17.2. The molecule has 156 valence electrons. The highest BCUT2D eigenvalue weighted by Crippen LogP contribution is 2.32. The number of methoxy groups -OCH3 is 1. The minimum Gasteiger partial charge on any atom is -0.497 e. The molecular weight excluding hydrogens is 417 g/mol. The van der Waals surface area contributed by atoms with E-state index in [-0.39, 0.29) is 10.6 Å². The van der Waals surface area contributed by atoms with Gasteiger partial charge in [0.05, 0.1) is 42.1 Å². The molecule has 0 unspecified atom stereocenters. The first-order chi connectivity index (χ1) is 14.8. The minimum absolute atomic E-state index is 0.00514. The van der Waals surface area contributed by atoms with E-state index in [9.17, 15) is 9.65 Å². The number of hydrogen-bond acceptors (Lipinski definition) is 5. The Labute approximate surface area is 183 Å². The summed E-state index contributed by atoms with van der Waals surface area (Å²) >= 11 is 5.99. The second-order valence-electron chi connectivity index (χ2n) is 7.62. The molecule has 8 heteroatoms. The van der Waals surface area contributed by atoms with Crippen molar-refractivity contribution in [3.63, 3.8) is 0 Å². The average Bonchev–Trinajstić information content (AvgIpc) is 3.13. The van der Waals surface area contributed by atoms with E-state index in [1.165, 1.54) is 12.3 Å². The van der Waals surface area contributed by atoms with Crippen LogP contribution in [-0.4, -0.2) is 26.9 Å². The van der Waals surface area contributed by atoms with Crippen molar-refractivity contribution in [3.05, 3.63) is 70.8 Å². The van der Waals surface area contributed by atoms with Crippen molar-refractivity contribution in [2.45, 2.75) is 25.8 Å². The molecule has 0 saturated heterocycles. The van der Waals surface area contributed by atoms with Crippen LogP contribution in [0, 0.1) is 17.1 Å². The number of hydrogen-bond donors (Lipinski definition) is 0. The van der Waals surface area contributed by atoms with Gasteiger partial charge in [0.15, 0.2) is 11.5 Å². The number of benzene rings is 2.